The maximum absolute atomic E-state index is 12.5. The summed E-state index contributed by atoms with van der Waals surface area (Å²) in [6.07, 6.45) is 1.27. The van der Waals surface area contributed by atoms with Crippen LogP contribution in [0.2, 0.25) is 0 Å². The Balaban J connectivity index is 1.38. The molecule has 6 nitrogen and oxygen atoms in total. The van der Waals surface area contributed by atoms with Gasteiger partial charge in [0.25, 0.3) is 0 Å². The van der Waals surface area contributed by atoms with Crippen LogP contribution in [0, 0.1) is 5.41 Å². The van der Waals surface area contributed by atoms with Crippen molar-refractivity contribution in [3.05, 3.63) is 42.6 Å². The molecule has 1 saturated heterocycles. The molecular weight excluding hydrogens is 369 g/mol. The Labute approximate surface area is 148 Å². The van der Waals surface area contributed by atoms with Crippen molar-refractivity contribution in [2.75, 3.05) is 18.0 Å². The van der Waals surface area contributed by atoms with Crippen molar-refractivity contribution >= 4 is 15.7 Å². The fraction of sp³-hybridized carbons (Fsp3) is 0.438. The summed E-state index contributed by atoms with van der Waals surface area (Å²) in [5.41, 5.74) is -1.13. The van der Waals surface area contributed by atoms with E-state index in [4.69, 9.17) is 0 Å². The van der Waals surface area contributed by atoms with E-state index in [-0.39, 0.29) is 10.3 Å². The van der Waals surface area contributed by atoms with Gasteiger partial charge in [-0.05, 0) is 25.0 Å². The average Bonchev–Trinajstić information content (AvgIpc) is 2.52. The normalized spacial score (nSPS) is 19.9. The molecule has 2 aromatic heterocycles. The highest BCUT2D eigenvalue weighted by molar-refractivity contribution is 7.92. The topological polar surface area (TPSA) is 76.1 Å². The number of hydrogen-bond acceptors (Lipinski definition) is 6. The highest BCUT2D eigenvalue weighted by Crippen LogP contribution is 2.52. The van der Waals surface area contributed by atoms with Crippen LogP contribution in [-0.2, 0) is 16.0 Å². The summed E-state index contributed by atoms with van der Waals surface area (Å²) in [7, 11) is -3.39. The van der Waals surface area contributed by atoms with Crippen LogP contribution in [-0.4, -0.2) is 41.7 Å². The van der Waals surface area contributed by atoms with Crippen LogP contribution in [0.4, 0.5) is 19.0 Å². The second-order valence-electron chi connectivity index (χ2n) is 6.88. The molecule has 0 N–H and O–H groups in total. The molecular formula is C16H15F3N4O2S. The minimum Gasteiger partial charge on any atom is -0.354 e. The standard InChI is InChI=1S/C16H15F3N4O2S/c17-16(18,19)13-7-22-14(8-21-13)23-9-15(10-23)4-12(5-15)26(24,25)11-2-1-3-20-6-11/h1-3,6-8,12H,4-5,9-10H2. The van der Waals surface area contributed by atoms with E-state index in [1.807, 2.05) is 4.90 Å². The van der Waals surface area contributed by atoms with E-state index in [0.717, 1.165) is 12.4 Å². The molecule has 2 fully saturated rings. The zero-order valence-electron chi connectivity index (χ0n) is 13.5. The van der Waals surface area contributed by atoms with E-state index in [1.54, 1.807) is 6.07 Å². The van der Waals surface area contributed by atoms with Crippen molar-refractivity contribution in [1.29, 1.82) is 0 Å². The smallest absolute Gasteiger partial charge is 0.354 e. The SMILES string of the molecule is O=S(=O)(c1cccnc1)C1CC2(C1)CN(c1cnc(C(F)(F)F)cn1)C2. The molecule has 3 heterocycles. The molecule has 2 aliphatic rings. The van der Waals surface area contributed by atoms with Gasteiger partial charge in [0.05, 0.1) is 22.5 Å². The van der Waals surface area contributed by atoms with Gasteiger partial charge in [-0.25, -0.2) is 18.4 Å². The van der Waals surface area contributed by atoms with Gasteiger partial charge in [0.1, 0.15) is 5.82 Å². The summed E-state index contributed by atoms with van der Waals surface area (Å²) < 4.78 is 62.6. The molecule has 0 bridgehead atoms. The molecule has 1 spiro atoms. The van der Waals surface area contributed by atoms with E-state index in [0.29, 0.717) is 31.7 Å². The first-order valence-corrected chi connectivity index (χ1v) is 9.52. The zero-order valence-corrected chi connectivity index (χ0v) is 14.3. The van der Waals surface area contributed by atoms with E-state index >= 15 is 0 Å². The summed E-state index contributed by atoms with van der Waals surface area (Å²) in [6.45, 7) is 1.15. The van der Waals surface area contributed by atoms with Gasteiger partial charge in [-0.1, -0.05) is 0 Å². The Hall–Kier alpha value is -2.23. The number of anilines is 1. The maximum Gasteiger partial charge on any atom is 0.434 e. The first-order valence-electron chi connectivity index (χ1n) is 7.98. The molecule has 2 aromatic rings. The lowest BCUT2D eigenvalue weighted by molar-refractivity contribution is -0.141. The first kappa shape index (κ1) is 17.2. The molecule has 0 aromatic carbocycles. The summed E-state index contributed by atoms with van der Waals surface area (Å²) in [6, 6.07) is 3.13. The van der Waals surface area contributed by atoms with Crippen molar-refractivity contribution in [1.82, 2.24) is 15.0 Å². The molecule has 138 valence electrons. The predicted octanol–water partition coefficient (Wildman–Crippen LogP) is 2.33. The minimum absolute atomic E-state index is 0.107. The average molecular weight is 384 g/mol. The van der Waals surface area contributed by atoms with E-state index in [9.17, 15) is 21.6 Å². The number of alkyl halides is 3. The molecule has 0 radical (unpaired) electrons. The van der Waals surface area contributed by atoms with Gasteiger partial charge in [-0.15, -0.1) is 0 Å². The second kappa shape index (κ2) is 5.63. The molecule has 1 aliphatic carbocycles. The number of hydrogen-bond donors (Lipinski definition) is 0. The highest BCUT2D eigenvalue weighted by Gasteiger charge is 2.56. The van der Waals surface area contributed by atoms with Crippen molar-refractivity contribution in [3.8, 4) is 0 Å². The van der Waals surface area contributed by atoms with Crippen molar-refractivity contribution in [2.45, 2.75) is 29.2 Å². The van der Waals surface area contributed by atoms with Crippen LogP contribution < -0.4 is 4.90 Å². The van der Waals surface area contributed by atoms with Crippen LogP contribution in [0.3, 0.4) is 0 Å². The largest absolute Gasteiger partial charge is 0.434 e. The van der Waals surface area contributed by atoms with E-state index in [2.05, 4.69) is 15.0 Å². The van der Waals surface area contributed by atoms with E-state index < -0.39 is 27.0 Å². The Morgan fingerprint density at radius 3 is 2.38 bits per heavy atom. The lowest BCUT2D eigenvalue weighted by Gasteiger charge is -2.58. The van der Waals surface area contributed by atoms with Gasteiger partial charge in [0, 0.05) is 30.9 Å². The molecule has 26 heavy (non-hydrogen) atoms. The quantitative estimate of drug-likeness (QED) is 0.809. The van der Waals surface area contributed by atoms with Crippen LogP contribution in [0.15, 0.2) is 41.8 Å². The molecule has 4 rings (SSSR count). The van der Waals surface area contributed by atoms with E-state index in [1.165, 1.54) is 18.5 Å². The van der Waals surface area contributed by atoms with Gasteiger partial charge in [0.2, 0.25) is 0 Å². The summed E-state index contributed by atoms with van der Waals surface area (Å²) >= 11 is 0. The number of pyridine rings is 1. The molecule has 0 unspecified atom stereocenters. The number of halogens is 3. The van der Waals surface area contributed by atoms with Gasteiger partial charge >= 0.3 is 6.18 Å². The molecule has 1 aliphatic heterocycles. The van der Waals surface area contributed by atoms with Gasteiger partial charge in [0.15, 0.2) is 15.5 Å². The Morgan fingerprint density at radius 1 is 1.12 bits per heavy atom. The fourth-order valence-electron chi connectivity index (χ4n) is 3.65. The van der Waals surface area contributed by atoms with Crippen LogP contribution in [0.5, 0.6) is 0 Å². The van der Waals surface area contributed by atoms with Crippen molar-refractivity contribution in [2.24, 2.45) is 5.41 Å². The number of nitrogens with zero attached hydrogens (tertiary/aromatic N) is 4. The maximum atomic E-state index is 12.5. The van der Waals surface area contributed by atoms with Crippen LogP contribution in [0.1, 0.15) is 18.5 Å². The minimum atomic E-state index is -4.51. The monoisotopic (exact) mass is 384 g/mol. The second-order valence-corrected chi connectivity index (χ2v) is 9.11. The van der Waals surface area contributed by atoms with Gasteiger partial charge in [-0.2, -0.15) is 13.2 Å². The number of rotatable bonds is 3. The first-order chi connectivity index (χ1) is 12.2. The summed E-state index contributed by atoms with van der Waals surface area (Å²) in [5.74, 6) is 0.377. The molecule has 1 saturated carbocycles. The molecule has 0 amide bonds. The third kappa shape index (κ3) is 2.81. The van der Waals surface area contributed by atoms with Crippen LogP contribution >= 0.6 is 0 Å². The lowest BCUT2D eigenvalue weighted by atomic mass is 9.63. The number of aromatic nitrogens is 3. The third-order valence-electron chi connectivity index (χ3n) is 5.03. The summed E-state index contributed by atoms with van der Waals surface area (Å²) in [4.78, 5) is 13.1. The lowest BCUT2D eigenvalue weighted by Crippen LogP contribution is -2.65. The third-order valence-corrected chi connectivity index (χ3v) is 7.14. The molecule has 10 heteroatoms. The van der Waals surface area contributed by atoms with Crippen molar-refractivity contribution in [3.63, 3.8) is 0 Å². The van der Waals surface area contributed by atoms with Crippen LogP contribution in [0.25, 0.3) is 0 Å². The Kier molecular flexibility index (Phi) is 3.73. The summed E-state index contributed by atoms with van der Waals surface area (Å²) in [5, 5.41) is -0.437. The Morgan fingerprint density at radius 2 is 1.85 bits per heavy atom. The molecule has 0 atom stereocenters. The predicted molar refractivity (Wildman–Crippen MR) is 86.1 cm³/mol. The fourth-order valence-corrected chi connectivity index (χ4v) is 5.65. The number of sulfone groups is 1. The zero-order chi connectivity index (χ0) is 18.6. The van der Waals surface area contributed by atoms with Gasteiger partial charge < -0.3 is 4.90 Å². The Bertz CT molecular complexity index is 903. The van der Waals surface area contributed by atoms with Crippen molar-refractivity contribution < 1.29 is 21.6 Å². The van der Waals surface area contributed by atoms with Gasteiger partial charge in [-0.3, -0.25) is 4.98 Å². The highest BCUT2D eigenvalue weighted by atomic mass is 32.2.